The summed E-state index contributed by atoms with van der Waals surface area (Å²) in [6.45, 7) is 2.47. The second-order valence-electron chi connectivity index (χ2n) is 5.33. The first-order valence-corrected chi connectivity index (χ1v) is 7.04. The number of carbonyl (C=O) groups is 1. The van der Waals surface area contributed by atoms with Crippen LogP contribution in [-0.2, 0) is 19.4 Å². The van der Waals surface area contributed by atoms with E-state index >= 15 is 0 Å². The van der Waals surface area contributed by atoms with Crippen molar-refractivity contribution >= 4 is 5.91 Å². The first-order chi connectivity index (χ1) is 9.72. The maximum absolute atomic E-state index is 12.2. The third kappa shape index (κ3) is 2.72. The lowest BCUT2D eigenvalue weighted by Gasteiger charge is -2.07. The minimum Gasteiger partial charge on any atom is -0.348 e. The fourth-order valence-electron chi connectivity index (χ4n) is 2.60. The number of hydrogen-bond donors (Lipinski definition) is 1. The van der Waals surface area contributed by atoms with Crippen LogP contribution < -0.4 is 5.32 Å². The molecule has 0 saturated carbocycles. The Labute approximate surface area is 119 Å². The van der Waals surface area contributed by atoms with E-state index in [4.69, 9.17) is 0 Å². The van der Waals surface area contributed by atoms with Crippen LogP contribution in [0, 0.1) is 6.92 Å². The Hall–Kier alpha value is -2.16. The summed E-state index contributed by atoms with van der Waals surface area (Å²) in [5, 5.41) is 2.95. The van der Waals surface area contributed by atoms with Crippen LogP contribution in [0.1, 0.15) is 39.2 Å². The van der Waals surface area contributed by atoms with Crippen LogP contribution in [0.15, 0.2) is 36.5 Å². The van der Waals surface area contributed by atoms with Crippen LogP contribution in [0.25, 0.3) is 0 Å². The van der Waals surface area contributed by atoms with Gasteiger partial charge in [0.1, 0.15) is 0 Å². The van der Waals surface area contributed by atoms with E-state index in [2.05, 4.69) is 16.4 Å². The number of benzene rings is 1. The maximum atomic E-state index is 12.2. The highest BCUT2D eigenvalue weighted by atomic mass is 16.1. The number of aromatic nitrogens is 1. The Morgan fingerprint density at radius 1 is 1.20 bits per heavy atom. The molecule has 0 atom stereocenters. The molecule has 3 nitrogen and oxygen atoms in total. The van der Waals surface area contributed by atoms with Crippen LogP contribution >= 0.6 is 0 Å². The van der Waals surface area contributed by atoms with Crippen molar-refractivity contribution in [3.63, 3.8) is 0 Å². The lowest BCUT2D eigenvalue weighted by atomic mass is 10.1. The van der Waals surface area contributed by atoms with Gasteiger partial charge >= 0.3 is 0 Å². The number of amides is 1. The molecule has 1 amide bonds. The summed E-state index contributed by atoms with van der Waals surface area (Å²) in [4.78, 5) is 16.4. The van der Waals surface area contributed by atoms with E-state index in [1.54, 1.807) is 6.20 Å². The highest BCUT2D eigenvalue weighted by Gasteiger charge is 2.13. The van der Waals surface area contributed by atoms with Crippen molar-refractivity contribution in [3.8, 4) is 0 Å². The van der Waals surface area contributed by atoms with Gasteiger partial charge in [-0.05, 0) is 61.1 Å². The quantitative estimate of drug-likeness (QED) is 0.928. The second-order valence-corrected chi connectivity index (χ2v) is 5.33. The summed E-state index contributed by atoms with van der Waals surface area (Å²) < 4.78 is 0. The molecule has 1 aliphatic carbocycles. The molecular formula is C17H18N2O. The third-order valence-electron chi connectivity index (χ3n) is 3.79. The highest BCUT2D eigenvalue weighted by Crippen LogP contribution is 2.22. The second kappa shape index (κ2) is 5.45. The zero-order valence-electron chi connectivity index (χ0n) is 11.6. The molecule has 1 aromatic carbocycles. The molecule has 1 N–H and O–H groups in total. The molecule has 3 rings (SSSR count). The number of fused-ring (bicyclic) bond motifs is 1. The summed E-state index contributed by atoms with van der Waals surface area (Å²) in [5.74, 6) is -0.0136. The molecule has 1 aromatic heterocycles. The average Bonchev–Trinajstić information content (AvgIpc) is 2.93. The number of aryl methyl sites for hydroxylation is 3. The molecule has 0 radical (unpaired) electrons. The first-order valence-electron chi connectivity index (χ1n) is 7.04. The topological polar surface area (TPSA) is 42.0 Å². The minimum atomic E-state index is -0.0136. The van der Waals surface area contributed by atoms with Gasteiger partial charge in [-0.1, -0.05) is 12.1 Å². The molecule has 1 aliphatic rings. The summed E-state index contributed by atoms with van der Waals surface area (Å²) >= 11 is 0. The van der Waals surface area contributed by atoms with Crippen molar-refractivity contribution in [3.05, 3.63) is 64.5 Å². The molecule has 0 bridgehead atoms. The van der Waals surface area contributed by atoms with Crippen molar-refractivity contribution in [1.82, 2.24) is 10.3 Å². The summed E-state index contributed by atoms with van der Waals surface area (Å²) in [7, 11) is 0. The molecular weight excluding hydrogens is 248 g/mol. The van der Waals surface area contributed by atoms with Gasteiger partial charge in [-0.2, -0.15) is 0 Å². The Morgan fingerprint density at radius 2 is 2.05 bits per heavy atom. The molecule has 2 aromatic rings. The predicted octanol–water partition coefficient (Wildman–Crippen LogP) is 2.81. The number of hydrogen-bond acceptors (Lipinski definition) is 2. The van der Waals surface area contributed by atoms with Crippen molar-refractivity contribution in [2.75, 3.05) is 0 Å². The Bertz CT molecular complexity index is 632. The van der Waals surface area contributed by atoms with E-state index in [0.29, 0.717) is 6.54 Å². The van der Waals surface area contributed by atoms with Crippen LogP contribution in [0.4, 0.5) is 0 Å². The van der Waals surface area contributed by atoms with Crippen LogP contribution in [0.5, 0.6) is 0 Å². The van der Waals surface area contributed by atoms with Gasteiger partial charge in [0.05, 0.1) is 0 Å². The normalized spacial score (nSPS) is 13.1. The summed E-state index contributed by atoms with van der Waals surface area (Å²) in [6, 6.07) is 9.99. The Morgan fingerprint density at radius 3 is 2.85 bits per heavy atom. The van der Waals surface area contributed by atoms with Gasteiger partial charge < -0.3 is 5.32 Å². The average molecular weight is 266 g/mol. The largest absolute Gasteiger partial charge is 0.348 e. The number of nitrogens with one attached hydrogen (secondary N) is 1. The lowest BCUT2D eigenvalue weighted by molar-refractivity contribution is 0.0951. The summed E-state index contributed by atoms with van der Waals surface area (Å²) in [5.41, 5.74) is 5.48. The molecule has 0 aliphatic heterocycles. The van der Waals surface area contributed by atoms with Crippen molar-refractivity contribution < 1.29 is 4.79 Å². The number of nitrogens with zero attached hydrogens (tertiary/aromatic N) is 1. The number of rotatable bonds is 3. The molecule has 0 saturated heterocycles. The third-order valence-corrected chi connectivity index (χ3v) is 3.79. The van der Waals surface area contributed by atoms with Crippen LogP contribution in [-0.4, -0.2) is 10.9 Å². The predicted molar refractivity (Wildman–Crippen MR) is 78.6 cm³/mol. The zero-order valence-corrected chi connectivity index (χ0v) is 11.6. The van der Waals surface area contributed by atoms with Crippen LogP contribution in [0.2, 0.25) is 0 Å². The van der Waals surface area contributed by atoms with Gasteiger partial charge in [0.15, 0.2) is 0 Å². The lowest BCUT2D eigenvalue weighted by Crippen LogP contribution is -2.23. The standard InChI is InChI=1S/C17H18N2O/c1-12-5-6-13(10-18-12)11-19-17(20)16-8-7-14-3-2-4-15(14)9-16/h5-10H,2-4,11H2,1H3,(H,19,20). The van der Waals surface area contributed by atoms with Gasteiger partial charge in [0.2, 0.25) is 0 Å². The Balaban J connectivity index is 1.66. The first kappa shape index (κ1) is 12.9. The van der Waals surface area contributed by atoms with Gasteiger partial charge in [-0.3, -0.25) is 9.78 Å². The van der Waals surface area contributed by atoms with E-state index in [-0.39, 0.29) is 5.91 Å². The molecule has 20 heavy (non-hydrogen) atoms. The van der Waals surface area contributed by atoms with E-state index in [1.165, 1.54) is 17.5 Å². The maximum Gasteiger partial charge on any atom is 0.251 e. The van der Waals surface area contributed by atoms with Gasteiger partial charge in [-0.25, -0.2) is 0 Å². The number of carbonyl (C=O) groups excluding carboxylic acids is 1. The Kier molecular flexibility index (Phi) is 3.50. The summed E-state index contributed by atoms with van der Waals surface area (Å²) in [6.07, 6.45) is 5.25. The minimum absolute atomic E-state index is 0.0136. The van der Waals surface area contributed by atoms with Crippen molar-refractivity contribution in [2.45, 2.75) is 32.7 Å². The van der Waals surface area contributed by atoms with Crippen molar-refractivity contribution in [2.24, 2.45) is 0 Å². The molecule has 0 unspecified atom stereocenters. The molecule has 102 valence electrons. The van der Waals surface area contributed by atoms with Crippen LogP contribution in [0.3, 0.4) is 0 Å². The molecule has 0 spiro atoms. The molecule has 0 fully saturated rings. The monoisotopic (exact) mass is 266 g/mol. The molecule has 3 heteroatoms. The van der Waals surface area contributed by atoms with E-state index in [0.717, 1.165) is 29.7 Å². The van der Waals surface area contributed by atoms with Gasteiger partial charge in [-0.15, -0.1) is 0 Å². The van der Waals surface area contributed by atoms with E-state index in [9.17, 15) is 4.79 Å². The zero-order chi connectivity index (χ0) is 13.9. The smallest absolute Gasteiger partial charge is 0.251 e. The van der Waals surface area contributed by atoms with E-state index in [1.807, 2.05) is 31.2 Å². The fourth-order valence-corrected chi connectivity index (χ4v) is 2.60. The molecule has 1 heterocycles. The number of pyridine rings is 1. The van der Waals surface area contributed by atoms with Crippen molar-refractivity contribution in [1.29, 1.82) is 0 Å². The van der Waals surface area contributed by atoms with Gasteiger partial charge in [0.25, 0.3) is 5.91 Å². The van der Waals surface area contributed by atoms with Gasteiger partial charge in [0, 0.05) is 24.0 Å². The van der Waals surface area contributed by atoms with E-state index < -0.39 is 0 Å². The fraction of sp³-hybridized carbons (Fsp3) is 0.294. The SMILES string of the molecule is Cc1ccc(CNC(=O)c2ccc3c(c2)CCC3)cn1. The highest BCUT2D eigenvalue weighted by molar-refractivity contribution is 5.94.